The summed E-state index contributed by atoms with van der Waals surface area (Å²) in [5.74, 6) is 0.496. The number of hydrogen-bond acceptors (Lipinski definition) is 2. The second-order valence-corrected chi connectivity index (χ2v) is 5.76. The van der Waals surface area contributed by atoms with E-state index in [9.17, 15) is 9.59 Å². The molecule has 1 saturated carbocycles. The summed E-state index contributed by atoms with van der Waals surface area (Å²) in [6.45, 7) is 2.20. The van der Waals surface area contributed by atoms with Gasteiger partial charge in [0.1, 0.15) is 6.04 Å². The minimum absolute atomic E-state index is 0.0258. The largest absolute Gasteiger partial charge is 0.345 e. The van der Waals surface area contributed by atoms with Crippen LogP contribution >= 0.6 is 0 Å². The predicted molar refractivity (Wildman–Crippen MR) is 75.8 cm³/mol. The Morgan fingerprint density at radius 3 is 2.50 bits per heavy atom. The number of amides is 2. The second-order valence-electron chi connectivity index (χ2n) is 5.76. The Kier molecular flexibility index (Phi) is 3.47. The minimum Gasteiger partial charge on any atom is -0.345 e. The van der Waals surface area contributed by atoms with Crippen molar-refractivity contribution in [2.75, 3.05) is 6.54 Å². The molecular formula is C16H20N2O2. The third-order valence-electron chi connectivity index (χ3n) is 4.61. The smallest absolute Gasteiger partial charge is 0.247 e. The second kappa shape index (κ2) is 5.27. The Morgan fingerprint density at radius 1 is 1.20 bits per heavy atom. The van der Waals surface area contributed by atoms with Crippen molar-refractivity contribution in [1.29, 1.82) is 0 Å². The number of nitrogens with one attached hydrogen (secondary N) is 1. The zero-order valence-corrected chi connectivity index (χ0v) is 11.7. The fraction of sp³-hybridized carbons (Fsp3) is 0.500. The van der Waals surface area contributed by atoms with Gasteiger partial charge in [0.15, 0.2) is 0 Å². The maximum absolute atomic E-state index is 12.3. The van der Waals surface area contributed by atoms with Crippen molar-refractivity contribution in [3.63, 3.8) is 0 Å². The van der Waals surface area contributed by atoms with Crippen LogP contribution in [0.2, 0.25) is 0 Å². The van der Waals surface area contributed by atoms with E-state index in [1.165, 1.54) is 6.42 Å². The highest BCUT2D eigenvalue weighted by Gasteiger charge is 2.41. The Bertz CT molecular complexity index is 510. The molecule has 1 N–H and O–H groups in total. The van der Waals surface area contributed by atoms with Crippen LogP contribution < -0.4 is 5.32 Å². The molecular weight excluding hydrogens is 252 g/mol. The lowest BCUT2D eigenvalue weighted by Gasteiger charge is -2.44. The van der Waals surface area contributed by atoms with Crippen LogP contribution in [0, 0.1) is 5.92 Å². The van der Waals surface area contributed by atoms with Crippen molar-refractivity contribution >= 4 is 11.8 Å². The maximum atomic E-state index is 12.3. The predicted octanol–water partition coefficient (Wildman–Crippen LogP) is 1.87. The summed E-state index contributed by atoms with van der Waals surface area (Å²) in [6, 6.07) is 9.24. The standard InChI is InChI=1S/C16H20N2O2/c1-11(12-8-5-9-12)18-14(19)10-17-16(20)15(18)13-6-3-2-4-7-13/h2-4,6-7,11-12,15H,5,8-10H2,1H3,(H,17,20). The molecule has 2 amide bonds. The first kappa shape index (κ1) is 13.2. The highest BCUT2D eigenvalue weighted by molar-refractivity contribution is 5.95. The van der Waals surface area contributed by atoms with Crippen LogP contribution in [0.1, 0.15) is 37.8 Å². The SMILES string of the molecule is CC(C1CCC1)N1C(=O)CNC(=O)C1c1ccccc1. The van der Waals surface area contributed by atoms with Gasteiger partial charge in [0.05, 0.1) is 6.54 Å². The molecule has 1 aromatic carbocycles. The molecule has 1 heterocycles. The lowest BCUT2D eigenvalue weighted by molar-refractivity contribution is -0.150. The summed E-state index contributed by atoms with van der Waals surface area (Å²) in [5, 5.41) is 2.71. The topological polar surface area (TPSA) is 49.4 Å². The quantitative estimate of drug-likeness (QED) is 0.913. The average Bonchev–Trinajstić information content (AvgIpc) is 2.40. The molecule has 106 valence electrons. The number of piperazine rings is 1. The van der Waals surface area contributed by atoms with Crippen LogP contribution in [0.5, 0.6) is 0 Å². The first-order chi connectivity index (χ1) is 9.68. The molecule has 1 aromatic rings. The van der Waals surface area contributed by atoms with Gasteiger partial charge in [-0.3, -0.25) is 9.59 Å². The zero-order valence-electron chi connectivity index (χ0n) is 11.7. The van der Waals surface area contributed by atoms with E-state index in [-0.39, 0.29) is 24.4 Å². The normalized spacial score (nSPS) is 25.1. The van der Waals surface area contributed by atoms with E-state index >= 15 is 0 Å². The number of carbonyl (C=O) groups is 2. The number of hydrogen-bond donors (Lipinski definition) is 1. The summed E-state index contributed by atoms with van der Waals surface area (Å²) in [4.78, 5) is 26.4. The number of benzene rings is 1. The van der Waals surface area contributed by atoms with Gasteiger partial charge in [-0.1, -0.05) is 36.8 Å². The summed E-state index contributed by atoms with van der Waals surface area (Å²) < 4.78 is 0. The molecule has 2 atom stereocenters. The van der Waals surface area contributed by atoms with Crippen LogP contribution in [0.4, 0.5) is 0 Å². The van der Waals surface area contributed by atoms with Crippen LogP contribution in [0.15, 0.2) is 30.3 Å². The van der Waals surface area contributed by atoms with Gasteiger partial charge in [0.2, 0.25) is 11.8 Å². The molecule has 1 aliphatic carbocycles. The first-order valence-corrected chi connectivity index (χ1v) is 7.32. The lowest BCUT2D eigenvalue weighted by atomic mass is 9.79. The third kappa shape index (κ3) is 2.19. The highest BCUT2D eigenvalue weighted by atomic mass is 16.2. The number of rotatable bonds is 3. The monoisotopic (exact) mass is 272 g/mol. The van der Waals surface area contributed by atoms with E-state index < -0.39 is 6.04 Å². The average molecular weight is 272 g/mol. The van der Waals surface area contributed by atoms with Gasteiger partial charge >= 0.3 is 0 Å². The van der Waals surface area contributed by atoms with Gasteiger partial charge in [-0.05, 0) is 31.2 Å². The highest BCUT2D eigenvalue weighted by Crippen LogP contribution is 2.36. The van der Waals surface area contributed by atoms with Gasteiger partial charge in [-0.2, -0.15) is 0 Å². The van der Waals surface area contributed by atoms with Crippen molar-refractivity contribution in [1.82, 2.24) is 10.2 Å². The Labute approximate surface area is 119 Å². The van der Waals surface area contributed by atoms with E-state index in [0.29, 0.717) is 5.92 Å². The summed E-state index contributed by atoms with van der Waals surface area (Å²) in [5.41, 5.74) is 0.893. The molecule has 20 heavy (non-hydrogen) atoms. The van der Waals surface area contributed by atoms with Gasteiger partial charge in [0, 0.05) is 6.04 Å². The molecule has 1 aliphatic heterocycles. The van der Waals surface area contributed by atoms with Crippen LogP contribution in [-0.4, -0.2) is 29.3 Å². The van der Waals surface area contributed by atoms with Gasteiger partial charge in [-0.15, -0.1) is 0 Å². The van der Waals surface area contributed by atoms with Gasteiger partial charge in [0.25, 0.3) is 0 Å². The van der Waals surface area contributed by atoms with Crippen LogP contribution in [-0.2, 0) is 9.59 Å². The van der Waals surface area contributed by atoms with Crippen LogP contribution in [0.3, 0.4) is 0 Å². The molecule has 1 saturated heterocycles. The molecule has 4 heteroatoms. The molecule has 2 fully saturated rings. The molecule has 4 nitrogen and oxygen atoms in total. The maximum Gasteiger partial charge on any atom is 0.247 e. The molecule has 0 spiro atoms. The van der Waals surface area contributed by atoms with E-state index in [1.807, 2.05) is 30.3 Å². The Morgan fingerprint density at radius 2 is 1.90 bits per heavy atom. The first-order valence-electron chi connectivity index (χ1n) is 7.32. The van der Waals surface area contributed by atoms with Crippen molar-refractivity contribution in [2.45, 2.75) is 38.3 Å². The fourth-order valence-electron chi connectivity index (χ4n) is 3.18. The van der Waals surface area contributed by atoms with Crippen molar-refractivity contribution in [3.05, 3.63) is 35.9 Å². The minimum atomic E-state index is -0.479. The molecule has 0 bridgehead atoms. The molecule has 0 aromatic heterocycles. The zero-order chi connectivity index (χ0) is 14.1. The van der Waals surface area contributed by atoms with Gasteiger partial charge in [-0.25, -0.2) is 0 Å². The van der Waals surface area contributed by atoms with Crippen molar-refractivity contribution in [3.8, 4) is 0 Å². The molecule has 0 radical (unpaired) electrons. The van der Waals surface area contributed by atoms with E-state index in [0.717, 1.165) is 18.4 Å². The van der Waals surface area contributed by atoms with Crippen molar-refractivity contribution in [2.24, 2.45) is 5.92 Å². The summed E-state index contributed by atoms with van der Waals surface area (Å²) in [6.07, 6.45) is 3.56. The summed E-state index contributed by atoms with van der Waals surface area (Å²) >= 11 is 0. The van der Waals surface area contributed by atoms with Gasteiger partial charge < -0.3 is 10.2 Å². The van der Waals surface area contributed by atoms with Crippen LogP contribution in [0.25, 0.3) is 0 Å². The Hall–Kier alpha value is -1.84. The molecule has 3 rings (SSSR count). The fourth-order valence-corrected chi connectivity index (χ4v) is 3.18. The van der Waals surface area contributed by atoms with E-state index in [2.05, 4.69) is 12.2 Å². The van der Waals surface area contributed by atoms with Crippen molar-refractivity contribution < 1.29 is 9.59 Å². The van der Waals surface area contributed by atoms with E-state index in [4.69, 9.17) is 0 Å². The third-order valence-corrected chi connectivity index (χ3v) is 4.61. The van der Waals surface area contributed by atoms with E-state index in [1.54, 1.807) is 4.90 Å². The molecule has 2 unspecified atom stereocenters. The number of nitrogens with zero attached hydrogens (tertiary/aromatic N) is 1. The number of carbonyl (C=O) groups excluding carboxylic acids is 2. The summed E-state index contributed by atoms with van der Waals surface area (Å²) in [7, 11) is 0. The lowest BCUT2D eigenvalue weighted by Crippen LogP contribution is -2.58. The Balaban J connectivity index is 1.93. The molecule has 2 aliphatic rings.